The van der Waals surface area contributed by atoms with E-state index in [2.05, 4.69) is 20.4 Å². The predicted octanol–water partition coefficient (Wildman–Crippen LogP) is 1.56. The Bertz CT molecular complexity index is 579. The molecule has 6 nitrogen and oxygen atoms in total. The molecule has 2 aromatic rings. The first-order valence-corrected chi connectivity index (χ1v) is 6.63. The average Bonchev–Trinajstić information content (AvgIpc) is 2.75. The van der Waals surface area contributed by atoms with Gasteiger partial charge in [0.2, 0.25) is 5.91 Å². The van der Waals surface area contributed by atoms with Crippen molar-refractivity contribution >= 4 is 5.91 Å². The number of carbonyl (C=O) groups is 1. The van der Waals surface area contributed by atoms with Crippen molar-refractivity contribution in [2.75, 3.05) is 0 Å². The summed E-state index contributed by atoms with van der Waals surface area (Å²) in [5.41, 5.74) is 1.04. The number of rotatable bonds is 5. The fourth-order valence-electron chi connectivity index (χ4n) is 2.03. The zero-order valence-electron chi connectivity index (χ0n) is 12.0. The van der Waals surface area contributed by atoms with Gasteiger partial charge in [-0.3, -0.25) is 9.78 Å². The van der Waals surface area contributed by atoms with E-state index in [9.17, 15) is 4.79 Å². The summed E-state index contributed by atoms with van der Waals surface area (Å²) in [6.45, 7) is 6.23. The molecule has 1 unspecified atom stereocenters. The molecule has 20 heavy (non-hydrogen) atoms. The van der Waals surface area contributed by atoms with E-state index >= 15 is 0 Å². The van der Waals surface area contributed by atoms with Crippen molar-refractivity contribution in [3.05, 3.63) is 41.7 Å². The van der Waals surface area contributed by atoms with Gasteiger partial charge in [0.15, 0.2) is 0 Å². The molecule has 0 aliphatic heterocycles. The SMILES string of the molecule is Cc1nc(C)n(CCC(=O)NC(C)c2ccncc2)n1. The second-order valence-corrected chi connectivity index (χ2v) is 4.75. The monoisotopic (exact) mass is 273 g/mol. The van der Waals surface area contributed by atoms with E-state index in [0.29, 0.717) is 13.0 Å². The lowest BCUT2D eigenvalue weighted by Crippen LogP contribution is -2.27. The van der Waals surface area contributed by atoms with Gasteiger partial charge in [-0.2, -0.15) is 5.10 Å². The normalized spacial score (nSPS) is 12.2. The summed E-state index contributed by atoms with van der Waals surface area (Å²) in [7, 11) is 0. The lowest BCUT2D eigenvalue weighted by atomic mass is 10.1. The maximum Gasteiger partial charge on any atom is 0.222 e. The Morgan fingerprint density at radius 1 is 1.35 bits per heavy atom. The second-order valence-electron chi connectivity index (χ2n) is 4.75. The van der Waals surface area contributed by atoms with Gasteiger partial charge in [-0.15, -0.1) is 0 Å². The number of aromatic nitrogens is 4. The van der Waals surface area contributed by atoms with Crippen LogP contribution in [0.25, 0.3) is 0 Å². The fourth-order valence-corrected chi connectivity index (χ4v) is 2.03. The molecule has 0 spiro atoms. The summed E-state index contributed by atoms with van der Waals surface area (Å²) in [6, 6.07) is 3.77. The van der Waals surface area contributed by atoms with E-state index < -0.39 is 0 Å². The van der Waals surface area contributed by atoms with E-state index in [1.54, 1.807) is 17.1 Å². The highest BCUT2D eigenvalue weighted by molar-refractivity contribution is 5.76. The molecule has 1 amide bonds. The van der Waals surface area contributed by atoms with Crippen molar-refractivity contribution in [2.24, 2.45) is 0 Å². The van der Waals surface area contributed by atoms with Gasteiger partial charge in [-0.25, -0.2) is 9.67 Å². The Labute approximate surface area is 118 Å². The number of amides is 1. The van der Waals surface area contributed by atoms with Crippen LogP contribution in [-0.2, 0) is 11.3 Å². The number of nitrogens with zero attached hydrogens (tertiary/aromatic N) is 4. The summed E-state index contributed by atoms with van der Waals surface area (Å²) < 4.78 is 1.76. The molecule has 0 saturated heterocycles. The molecule has 2 heterocycles. The van der Waals surface area contributed by atoms with Crippen LogP contribution in [0.5, 0.6) is 0 Å². The van der Waals surface area contributed by atoms with Crippen molar-refractivity contribution in [3.8, 4) is 0 Å². The average molecular weight is 273 g/mol. The van der Waals surface area contributed by atoms with E-state index in [1.807, 2.05) is 32.9 Å². The summed E-state index contributed by atoms with van der Waals surface area (Å²) in [5.74, 6) is 1.56. The van der Waals surface area contributed by atoms with Crippen LogP contribution in [0.3, 0.4) is 0 Å². The quantitative estimate of drug-likeness (QED) is 0.897. The molecule has 0 fully saturated rings. The summed E-state index contributed by atoms with van der Waals surface area (Å²) >= 11 is 0. The maximum atomic E-state index is 11.9. The van der Waals surface area contributed by atoms with Crippen LogP contribution >= 0.6 is 0 Å². The highest BCUT2D eigenvalue weighted by Crippen LogP contribution is 2.10. The Balaban J connectivity index is 1.85. The largest absolute Gasteiger partial charge is 0.350 e. The van der Waals surface area contributed by atoms with Gasteiger partial charge in [0.05, 0.1) is 12.6 Å². The van der Waals surface area contributed by atoms with E-state index in [1.165, 1.54) is 0 Å². The first-order valence-electron chi connectivity index (χ1n) is 6.63. The van der Waals surface area contributed by atoms with Crippen molar-refractivity contribution in [1.29, 1.82) is 0 Å². The highest BCUT2D eigenvalue weighted by atomic mass is 16.1. The van der Waals surface area contributed by atoms with Crippen molar-refractivity contribution in [1.82, 2.24) is 25.1 Å². The number of aryl methyl sites for hydroxylation is 3. The van der Waals surface area contributed by atoms with E-state index in [4.69, 9.17) is 0 Å². The van der Waals surface area contributed by atoms with Crippen LogP contribution in [0, 0.1) is 13.8 Å². The molecule has 0 radical (unpaired) electrons. The second kappa shape index (κ2) is 6.27. The van der Waals surface area contributed by atoms with Gasteiger partial charge in [0.1, 0.15) is 11.6 Å². The van der Waals surface area contributed by atoms with Gasteiger partial charge >= 0.3 is 0 Å². The third kappa shape index (κ3) is 3.63. The molecule has 0 aliphatic rings. The minimum Gasteiger partial charge on any atom is -0.350 e. The smallest absolute Gasteiger partial charge is 0.222 e. The zero-order chi connectivity index (χ0) is 14.5. The van der Waals surface area contributed by atoms with Crippen molar-refractivity contribution in [2.45, 2.75) is 39.8 Å². The minimum absolute atomic E-state index is 0.00173. The molecule has 2 rings (SSSR count). The Kier molecular flexibility index (Phi) is 4.45. The molecular weight excluding hydrogens is 254 g/mol. The Morgan fingerprint density at radius 3 is 2.65 bits per heavy atom. The van der Waals surface area contributed by atoms with Gasteiger partial charge < -0.3 is 5.32 Å². The zero-order valence-corrected chi connectivity index (χ0v) is 12.0. The van der Waals surface area contributed by atoms with E-state index in [-0.39, 0.29) is 11.9 Å². The first kappa shape index (κ1) is 14.2. The summed E-state index contributed by atoms with van der Waals surface area (Å²) in [6.07, 6.45) is 3.83. The molecule has 0 bridgehead atoms. The number of nitrogens with one attached hydrogen (secondary N) is 1. The van der Waals surface area contributed by atoms with Crippen LogP contribution in [0.15, 0.2) is 24.5 Å². The Morgan fingerprint density at radius 2 is 2.05 bits per heavy atom. The van der Waals surface area contributed by atoms with Crippen LogP contribution < -0.4 is 5.32 Å². The summed E-state index contributed by atoms with van der Waals surface area (Å²) in [4.78, 5) is 20.1. The highest BCUT2D eigenvalue weighted by Gasteiger charge is 2.10. The minimum atomic E-state index is -0.0240. The van der Waals surface area contributed by atoms with Gasteiger partial charge in [-0.05, 0) is 38.5 Å². The molecule has 2 aromatic heterocycles. The molecular formula is C14H19N5O. The number of carbonyl (C=O) groups excluding carboxylic acids is 1. The molecule has 1 N–H and O–H groups in total. The standard InChI is InChI=1S/C14H19N5O/c1-10(13-4-7-15-8-5-13)16-14(20)6-9-19-12(3)17-11(2)18-19/h4-5,7-8,10H,6,9H2,1-3H3,(H,16,20). The molecule has 1 atom stereocenters. The van der Waals surface area contributed by atoms with Crippen LogP contribution in [0.1, 0.15) is 36.6 Å². The molecule has 6 heteroatoms. The number of hydrogen-bond acceptors (Lipinski definition) is 4. The van der Waals surface area contributed by atoms with Crippen molar-refractivity contribution in [3.63, 3.8) is 0 Å². The molecule has 106 valence electrons. The summed E-state index contributed by atoms with van der Waals surface area (Å²) in [5, 5.41) is 7.20. The van der Waals surface area contributed by atoms with Crippen LogP contribution in [0.4, 0.5) is 0 Å². The molecule has 0 aliphatic carbocycles. The molecule has 0 aromatic carbocycles. The van der Waals surface area contributed by atoms with Crippen LogP contribution in [0.2, 0.25) is 0 Å². The maximum absolute atomic E-state index is 11.9. The first-order chi connectivity index (χ1) is 9.56. The topological polar surface area (TPSA) is 72.7 Å². The fraction of sp³-hybridized carbons (Fsp3) is 0.429. The third-order valence-electron chi connectivity index (χ3n) is 3.10. The van der Waals surface area contributed by atoms with E-state index in [0.717, 1.165) is 17.2 Å². The third-order valence-corrected chi connectivity index (χ3v) is 3.10. The lowest BCUT2D eigenvalue weighted by molar-refractivity contribution is -0.122. The number of pyridine rings is 1. The lowest BCUT2D eigenvalue weighted by Gasteiger charge is -2.14. The van der Waals surface area contributed by atoms with Gasteiger partial charge in [0, 0.05) is 18.8 Å². The van der Waals surface area contributed by atoms with Crippen LogP contribution in [-0.4, -0.2) is 25.7 Å². The van der Waals surface area contributed by atoms with Gasteiger partial charge in [-0.1, -0.05) is 0 Å². The predicted molar refractivity (Wildman–Crippen MR) is 74.9 cm³/mol. The molecule has 0 saturated carbocycles. The van der Waals surface area contributed by atoms with Crippen molar-refractivity contribution < 1.29 is 4.79 Å². The Hall–Kier alpha value is -2.24. The number of hydrogen-bond donors (Lipinski definition) is 1. The van der Waals surface area contributed by atoms with Gasteiger partial charge in [0.25, 0.3) is 0 Å².